The smallest absolute Gasteiger partial charge is 0.433 e. The molecule has 2 aliphatic rings. The third-order valence-corrected chi connectivity index (χ3v) is 9.55. The Hall–Kier alpha value is -4.61. The maximum atomic E-state index is 15.4. The average Bonchev–Trinajstić information content (AvgIpc) is 3.12. The quantitative estimate of drug-likeness (QED) is 0.142. The minimum absolute atomic E-state index is 0.0158. The molecule has 1 atom stereocenters. The van der Waals surface area contributed by atoms with Crippen LogP contribution in [0.3, 0.4) is 0 Å². The Morgan fingerprint density at radius 2 is 1.67 bits per heavy atom. The van der Waals surface area contributed by atoms with Gasteiger partial charge >= 0.3 is 12.4 Å². The summed E-state index contributed by atoms with van der Waals surface area (Å²) in [7, 11) is 1.46. The normalized spacial score (nSPS) is 17.7. The van der Waals surface area contributed by atoms with Crippen LogP contribution in [0, 0.1) is 17.6 Å². The van der Waals surface area contributed by atoms with Crippen molar-refractivity contribution < 1.29 is 59.3 Å². The number of ketones is 1. The molecule has 1 N–H and O–H groups in total. The van der Waals surface area contributed by atoms with E-state index in [1.54, 1.807) is 13.8 Å². The molecule has 17 heteroatoms. The SMILES string of the molecule is CC(C)C1C(O)=C(C(=O)CCCc2ccc(C(F)(F)F)cc2-c2ccc(C(F)(F)F)nc2)C(=O)N(Cc2ccc(OCCN3CCOCC3)c(F)c2F)N1C. The molecule has 9 nitrogen and oxygen atoms in total. The van der Waals surface area contributed by atoms with Gasteiger partial charge in [-0.15, -0.1) is 0 Å². The number of carbonyl (C=O) groups excluding carboxylic acids is 2. The van der Waals surface area contributed by atoms with Gasteiger partial charge in [0.25, 0.3) is 5.91 Å². The van der Waals surface area contributed by atoms with Gasteiger partial charge < -0.3 is 14.6 Å². The molecule has 2 aromatic carbocycles. The second-order valence-corrected chi connectivity index (χ2v) is 13.6. The number of aryl methyl sites for hydroxylation is 1. The number of hydrazine groups is 1. The van der Waals surface area contributed by atoms with E-state index in [2.05, 4.69) is 9.88 Å². The van der Waals surface area contributed by atoms with Crippen LogP contribution in [0.4, 0.5) is 35.1 Å². The number of morpholine rings is 1. The number of hydrogen-bond acceptors (Lipinski definition) is 8. The summed E-state index contributed by atoms with van der Waals surface area (Å²) in [6, 6.07) is 6.00. The molecular weight excluding hydrogens is 744 g/mol. The Morgan fingerprint density at radius 3 is 2.29 bits per heavy atom. The zero-order valence-electron chi connectivity index (χ0n) is 30.2. The number of likely N-dealkylation sites (N-methyl/N-ethyl adjacent to an activating group) is 1. The summed E-state index contributed by atoms with van der Waals surface area (Å²) < 4.78 is 121. The first-order valence-corrected chi connectivity index (χ1v) is 17.5. The number of amides is 1. The molecule has 5 rings (SSSR count). The van der Waals surface area contributed by atoms with E-state index in [9.17, 15) is 41.0 Å². The standard InChI is InChI=1S/C38H40F8N4O5/c1-22(2)34-35(52)31(36(53)50(48(34)3)21-25-8-11-29(33(40)32(25)39)55-18-15-49-13-16-54-17-14-49)28(51)6-4-5-23-7-10-26(37(41,42)43)19-27(23)24-9-12-30(47-20-24)38(44,45)46/h7-12,19-20,22,34,52H,4-6,13-18,21H2,1-3H3. The van der Waals surface area contributed by atoms with Crippen LogP contribution >= 0.6 is 0 Å². The van der Waals surface area contributed by atoms with Crippen LogP contribution in [0.1, 0.15) is 49.1 Å². The highest BCUT2D eigenvalue weighted by Gasteiger charge is 2.42. The predicted octanol–water partition coefficient (Wildman–Crippen LogP) is 7.39. The summed E-state index contributed by atoms with van der Waals surface area (Å²) in [5.74, 6) is -5.49. The van der Waals surface area contributed by atoms with E-state index in [4.69, 9.17) is 9.47 Å². The summed E-state index contributed by atoms with van der Waals surface area (Å²) in [4.78, 5) is 32.9. The van der Waals surface area contributed by atoms with Gasteiger partial charge in [0, 0.05) is 50.4 Å². The van der Waals surface area contributed by atoms with Gasteiger partial charge in [-0.1, -0.05) is 32.0 Å². The highest BCUT2D eigenvalue weighted by atomic mass is 19.4. The number of aliphatic hydroxyl groups is 1. The lowest BCUT2D eigenvalue weighted by molar-refractivity contribution is -0.155. The van der Waals surface area contributed by atoms with Gasteiger partial charge in [0.1, 0.15) is 23.6 Å². The molecule has 0 saturated carbocycles. The van der Waals surface area contributed by atoms with E-state index in [0.29, 0.717) is 38.9 Å². The van der Waals surface area contributed by atoms with Crippen molar-refractivity contribution in [2.45, 2.75) is 58.0 Å². The predicted molar refractivity (Wildman–Crippen MR) is 183 cm³/mol. The van der Waals surface area contributed by atoms with Crippen molar-refractivity contribution in [1.29, 1.82) is 0 Å². The van der Waals surface area contributed by atoms with Crippen molar-refractivity contribution in [1.82, 2.24) is 19.9 Å². The van der Waals surface area contributed by atoms with Gasteiger partial charge in [-0.05, 0) is 54.2 Å². The Kier molecular flexibility index (Phi) is 12.9. The summed E-state index contributed by atoms with van der Waals surface area (Å²) >= 11 is 0. The molecule has 298 valence electrons. The second kappa shape index (κ2) is 17.0. The number of pyridine rings is 1. The van der Waals surface area contributed by atoms with Crippen LogP contribution in [-0.4, -0.2) is 89.2 Å². The number of alkyl halides is 6. The zero-order chi connectivity index (χ0) is 40.2. The molecule has 3 aromatic rings. The van der Waals surface area contributed by atoms with Gasteiger partial charge in [0.05, 0.1) is 31.4 Å². The molecular formula is C38H40F8N4O5. The molecule has 0 spiro atoms. The Labute approximate surface area is 312 Å². The van der Waals surface area contributed by atoms with Crippen molar-refractivity contribution in [3.05, 3.63) is 94.0 Å². The molecule has 1 fully saturated rings. The summed E-state index contributed by atoms with van der Waals surface area (Å²) in [5.41, 5.74) is -2.86. The molecule has 1 aromatic heterocycles. The Morgan fingerprint density at radius 1 is 0.982 bits per heavy atom. The van der Waals surface area contributed by atoms with Crippen LogP contribution in [0.5, 0.6) is 5.75 Å². The lowest BCUT2D eigenvalue weighted by Gasteiger charge is -2.43. The topological polar surface area (TPSA) is 95.4 Å². The number of ether oxygens (including phenoxy) is 2. The molecule has 0 radical (unpaired) electrons. The number of hydrogen-bond donors (Lipinski definition) is 1. The average molecular weight is 785 g/mol. The number of carbonyl (C=O) groups is 2. The highest BCUT2D eigenvalue weighted by Crippen LogP contribution is 2.37. The van der Waals surface area contributed by atoms with Crippen molar-refractivity contribution in [2.24, 2.45) is 5.92 Å². The maximum absolute atomic E-state index is 15.4. The van der Waals surface area contributed by atoms with Crippen molar-refractivity contribution >= 4 is 11.7 Å². The van der Waals surface area contributed by atoms with Gasteiger partial charge in [-0.3, -0.25) is 24.5 Å². The summed E-state index contributed by atoms with van der Waals surface area (Å²) in [6.45, 7) is 6.02. The fraction of sp³-hybridized carbons (Fsp3) is 0.447. The molecule has 0 bridgehead atoms. The van der Waals surface area contributed by atoms with E-state index < -0.39 is 70.9 Å². The number of aromatic nitrogens is 1. The molecule has 1 saturated heterocycles. The molecule has 55 heavy (non-hydrogen) atoms. The Bertz CT molecular complexity index is 1890. The number of halogens is 8. The molecule has 3 heterocycles. The van der Waals surface area contributed by atoms with Crippen molar-refractivity contribution in [3.8, 4) is 16.9 Å². The number of aliphatic hydroxyl groups excluding tert-OH is 1. The van der Waals surface area contributed by atoms with Crippen LogP contribution in [0.15, 0.2) is 60.0 Å². The van der Waals surface area contributed by atoms with Gasteiger partial charge in [0.15, 0.2) is 17.3 Å². The largest absolute Gasteiger partial charge is 0.510 e. The first-order valence-electron chi connectivity index (χ1n) is 17.5. The minimum Gasteiger partial charge on any atom is -0.510 e. The molecule has 2 aliphatic heterocycles. The first-order chi connectivity index (χ1) is 25.9. The van der Waals surface area contributed by atoms with E-state index in [1.807, 2.05) is 0 Å². The fourth-order valence-corrected chi connectivity index (χ4v) is 6.65. The van der Waals surface area contributed by atoms with E-state index in [1.165, 1.54) is 24.2 Å². The third-order valence-electron chi connectivity index (χ3n) is 9.55. The third kappa shape index (κ3) is 9.62. The van der Waals surface area contributed by atoms with E-state index in [0.717, 1.165) is 35.5 Å². The van der Waals surface area contributed by atoms with E-state index >= 15 is 8.78 Å². The lowest BCUT2D eigenvalue weighted by Crippen LogP contribution is -2.56. The van der Waals surface area contributed by atoms with Crippen LogP contribution < -0.4 is 4.74 Å². The second-order valence-electron chi connectivity index (χ2n) is 13.6. The summed E-state index contributed by atoms with van der Waals surface area (Å²) in [6.07, 6.45) is -9.14. The lowest BCUT2D eigenvalue weighted by atomic mass is 9.91. The first kappa shape index (κ1) is 41.6. The number of Topliss-reactive ketones (excluding diaryl/α,β-unsaturated/α-hetero) is 1. The van der Waals surface area contributed by atoms with Crippen molar-refractivity contribution in [2.75, 3.05) is 46.5 Å². The minimum atomic E-state index is -4.77. The molecule has 0 aliphatic carbocycles. The van der Waals surface area contributed by atoms with Crippen molar-refractivity contribution in [3.63, 3.8) is 0 Å². The van der Waals surface area contributed by atoms with Gasteiger partial charge in [-0.25, -0.2) is 9.40 Å². The monoisotopic (exact) mass is 784 g/mol. The molecule has 1 unspecified atom stereocenters. The van der Waals surface area contributed by atoms with Crippen LogP contribution in [0.25, 0.3) is 11.1 Å². The van der Waals surface area contributed by atoms with Crippen LogP contribution in [-0.2, 0) is 39.6 Å². The van der Waals surface area contributed by atoms with Gasteiger partial charge in [0.2, 0.25) is 5.82 Å². The molecule has 1 amide bonds. The van der Waals surface area contributed by atoms with Gasteiger partial charge in [-0.2, -0.15) is 30.7 Å². The maximum Gasteiger partial charge on any atom is 0.433 e. The zero-order valence-corrected chi connectivity index (χ0v) is 30.2. The Balaban J connectivity index is 1.32. The van der Waals surface area contributed by atoms with Crippen LogP contribution in [0.2, 0.25) is 0 Å². The van der Waals surface area contributed by atoms with E-state index in [-0.39, 0.29) is 59.8 Å². The summed E-state index contributed by atoms with van der Waals surface area (Å²) in [5, 5.41) is 13.6. The number of rotatable bonds is 13. The number of benzene rings is 2. The fourth-order valence-electron chi connectivity index (χ4n) is 6.65. The highest BCUT2D eigenvalue weighted by molar-refractivity contribution is 6.20. The number of nitrogens with zero attached hydrogens (tertiary/aromatic N) is 4.